The molecule has 1 aromatic heterocycles. The zero-order valence-corrected chi connectivity index (χ0v) is 15.0. The van der Waals surface area contributed by atoms with Gasteiger partial charge in [0.1, 0.15) is 0 Å². The number of nitrogens with zero attached hydrogens (tertiary/aromatic N) is 2. The summed E-state index contributed by atoms with van der Waals surface area (Å²) >= 11 is 3.41. The van der Waals surface area contributed by atoms with E-state index in [1.807, 2.05) is 25.1 Å². The number of hydrogen-bond donors (Lipinski definition) is 2. The summed E-state index contributed by atoms with van der Waals surface area (Å²) in [5, 5.41) is 6.02. The molecule has 0 fully saturated rings. The Labute approximate surface area is 145 Å². The van der Waals surface area contributed by atoms with Gasteiger partial charge in [-0.15, -0.1) is 0 Å². The number of halogens is 1. The van der Waals surface area contributed by atoms with E-state index >= 15 is 0 Å². The Morgan fingerprint density at radius 2 is 1.96 bits per heavy atom. The Balaban J connectivity index is 1.94. The zero-order chi connectivity index (χ0) is 16.7. The fourth-order valence-corrected chi connectivity index (χ4v) is 2.55. The highest BCUT2D eigenvalue weighted by atomic mass is 79.9. The summed E-state index contributed by atoms with van der Waals surface area (Å²) in [4.78, 5) is 20.6. The van der Waals surface area contributed by atoms with E-state index in [1.165, 1.54) is 12.8 Å². The molecule has 2 N–H and O–H groups in total. The molecular weight excluding hydrogens is 356 g/mol. The number of amides is 1. The van der Waals surface area contributed by atoms with Gasteiger partial charge in [0.25, 0.3) is 5.91 Å². The molecule has 1 aromatic carbocycles. The van der Waals surface area contributed by atoms with Crippen molar-refractivity contribution < 1.29 is 4.79 Å². The lowest BCUT2D eigenvalue weighted by Gasteiger charge is -2.09. The molecular formula is C17H21BrN4O. The van der Waals surface area contributed by atoms with Crippen molar-refractivity contribution in [3.63, 3.8) is 0 Å². The Bertz CT molecular complexity index is 658. The van der Waals surface area contributed by atoms with Gasteiger partial charge in [0.2, 0.25) is 5.95 Å². The van der Waals surface area contributed by atoms with Gasteiger partial charge in [0, 0.05) is 29.1 Å². The number of unbranched alkanes of at least 4 members (excludes halogenated alkanes) is 2. The summed E-state index contributed by atoms with van der Waals surface area (Å²) < 4.78 is 0.981. The number of carbonyl (C=O) groups is 1. The summed E-state index contributed by atoms with van der Waals surface area (Å²) in [6.45, 7) is 4.95. The molecule has 0 aliphatic rings. The molecule has 0 aliphatic heterocycles. The van der Waals surface area contributed by atoms with Crippen LogP contribution in [-0.2, 0) is 0 Å². The zero-order valence-electron chi connectivity index (χ0n) is 13.4. The van der Waals surface area contributed by atoms with Crippen LogP contribution in [0.2, 0.25) is 0 Å². The standard InChI is InChI=1S/C17H21BrN4O/c1-3-4-5-8-19-17-20-10-13(11-21-17)16(23)22-15-7-6-14(18)9-12(15)2/h6-7,9-11H,3-5,8H2,1-2H3,(H,22,23)(H,19,20,21). The summed E-state index contributed by atoms with van der Waals surface area (Å²) in [6.07, 6.45) is 6.53. The molecule has 0 aliphatic carbocycles. The Hall–Kier alpha value is -1.95. The third kappa shape index (κ3) is 5.32. The van der Waals surface area contributed by atoms with Gasteiger partial charge in [-0.2, -0.15) is 0 Å². The third-order valence-electron chi connectivity index (χ3n) is 3.41. The second-order valence-corrected chi connectivity index (χ2v) is 6.26. The molecule has 0 spiro atoms. The minimum atomic E-state index is -0.215. The van der Waals surface area contributed by atoms with Crippen LogP contribution >= 0.6 is 15.9 Å². The van der Waals surface area contributed by atoms with Crippen molar-refractivity contribution in [2.24, 2.45) is 0 Å². The SMILES string of the molecule is CCCCCNc1ncc(C(=O)Nc2ccc(Br)cc2C)cn1. The lowest BCUT2D eigenvalue weighted by atomic mass is 10.2. The average molecular weight is 377 g/mol. The van der Waals surface area contributed by atoms with Crippen molar-refractivity contribution in [1.29, 1.82) is 0 Å². The van der Waals surface area contributed by atoms with Crippen molar-refractivity contribution in [2.75, 3.05) is 17.2 Å². The maximum absolute atomic E-state index is 12.2. The van der Waals surface area contributed by atoms with Crippen molar-refractivity contribution in [1.82, 2.24) is 9.97 Å². The van der Waals surface area contributed by atoms with Crippen molar-refractivity contribution >= 4 is 33.5 Å². The first-order chi connectivity index (χ1) is 11.1. The van der Waals surface area contributed by atoms with E-state index in [4.69, 9.17) is 0 Å². The molecule has 23 heavy (non-hydrogen) atoms. The molecule has 5 nitrogen and oxygen atoms in total. The fraction of sp³-hybridized carbons (Fsp3) is 0.353. The summed E-state index contributed by atoms with van der Waals surface area (Å²) in [5.74, 6) is 0.338. The largest absolute Gasteiger partial charge is 0.354 e. The lowest BCUT2D eigenvalue weighted by Crippen LogP contribution is -2.14. The molecule has 0 saturated heterocycles. The Morgan fingerprint density at radius 1 is 1.22 bits per heavy atom. The van der Waals surface area contributed by atoms with E-state index in [2.05, 4.69) is 43.5 Å². The number of aryl methyl sites for hydroxylation is 1. The van der Waals surface area contributed by atoms with Crippen LogP contribution in [0.5, 0.6) is 0 Å². The predicted molar refractivity (Wildman–Crippen MR) is 96.9 cm³/mol. The van der Waals surface area contributed by atoms with Crippen LogP contribution in [-0.4, -0.2) is 22.4 Å². The molecule has 0 radical (unpaired) electrons. The van der Waals surface area contributed by atoms with E-state index in [-0.39, 0.29) is 5.91 Å². The minimum absolute atomic E-state index is 0.215. The van der Waals surface area contributed by atoms with Gasteiger partial charge in [-0.3, -0.25) is 4.79 Å². The molecule has 2 rings (SSSR count). The fourth-order valence-electron chi connectivity index (χ4n) is 2.07. The van der Waals surface area contributed by atoms with Crippen LogP contribution < -0.4 is 10.6 Å². The average Bonchev–Trinajstić information content (AvgIpc) is 2.55. The van der Waals surface area contributed by atoms with Crippen LogP contribution in [0, 0.1) is 6.92 Å². The molecule has 2 aromatic rings. The molecule has 0 unspecified atom stereocenters. The molecule has 1 amide bonds. The number of rotatable bonds is 7. The first kappa shape index (κ1) is 17.4. The van der Waals surface area contributed by atoms with E-state index in [0.29, 0.717) is 11.5 Å². The summed E-state index contributed by atoms with van der Waals surface area (Å²) in [6, 6.07) is 5.71. The monoisotopic (exact) mass is 376 g/mol. The first-order valence-electron chi connectivity index (χ1n) is 7.73. The lowest BCUT2D eigenvalue weighted by molar-refractivity contribution is 0.102. The number of benzene rings is 1. The highest BCUT2D eigenvalue weighted by Crippen LogP contribution is 2.20. The van der Waals surface area contributed by atoms with Gasteiger partial charge in [0.15, 0.2) is 0 Å². The number of carbonyl (C=O) groups excluding carboxylic acids is 1. The van der Waals surface area contributed by atoms with Crippen LogP contribution in [0.25, 0.3) is 0 Å². The van der Waals surface area contributed by atoms with Gasteiger partial charge >= 0.3 is 0 Å². The van der Waals surface area contributed by atoms with E-state index in [0.717, 1.165) is 28.7 Å². The van der Waals surface area contributed by atoms with Crippen molar-refractivity contribution in [2.45, 2.75) is 33.1 Å². The highest BCUT2D eigenvalue weighted by molar-refractivity contribution is 9.10. The van der Waals surface area contributed by atoms with E-state index in [1.54, 1.807) is 12.4 Å². The predicted octanol–water partition coefficient (Wildman–Crippen LogP) is 4.40. The van der Waals surface area contributed by atoms with Gasteiger partial charge < -0.3 is 10.6 Å². The molecule has 122 valence electrons. The van der Waals surface area contributed by atoms with E-state index < -0.39 is 0 Å². The highest BCUT2D eigenvalue weighted by Gasteiger charge is 2.09. The summed E-state index contributed by atoms with van der Waals surface area (Å²) in [7, 11) is 0. The van der Waals surface area contributed by atoms with Crippen LogP contribution in [0.4, 0.5) is 11.6 Å². The minimum Gasteiger partial charge on any atom is -0.354 e. The first-order valence-corrected chi connectivity index (χ1v) is 8.53. The Kier molecular flexibility index (Phi) is 6.52. The second kappa shape index (κ2) is 8.62. The van der Waals surface area contributed by atoms with Gasteiger partial charge in [0.05, 0.1) is 5.56 Å². The maximum Gasteiger partial charge on any atom is 0.258 e. The van der Waals surface area contributed by atoms with Gasteiger partial charge in [-0.05, 0) is 37.1 Å². The maximum atomic E-state index is 12.2. The van der Waals surface area contributed by atoms with Crippen LogP contribution in [0.15, 0.2) is 35.1 Å². The molecule has 0 saturated carbocycles. The van der Waals surface area contributed by atoms with Crippen LogP contribution in [0.3, 0.4) is 0 Å². The molecule has 0 atom stereocenters. The number of anilines is 2. The number of hydrogen-bond acceptors (Lipinski definition) is 4. The van der Waals surface area contributed by atoms with Gasteiger partial charge in [-0.1, -0.05) is 35.7 Å². The normalized spacial score (nSPS) is 10.4. The molecule has 6 heteroatoms. The molecule has 0 bridgehead atoms. The van der Waals surface area contributed by atoms with Crippen LogP contribution in [0.1, 0.15) is 42.1 Å². The van der Waals surface area contributed by atoms with Gasteiger partial charge in [-0.25, -0.2) is 9.97 Å². The second-order valence-electron chi connectivity index (χ2n) is 5.34. The molecule has 1 heterocycles. The summed E-state index contributed by atoms with van der Waals surface area (Å²) in [5.41, 5.74) is 2.20. The van der Waals surface area contributed by atoms with Crippen molar-refractivity contribution in [3.05, 3.63) is 46.2 Å². The topological polar surface area (TPSA) is 66.9 Å². The smallest absolute Gasteiger partial charge is 0.258 e. The Morgan fingerprint density at radius 3 is 2.61 bits per heavy atom. The third-order valence-corrected chi connectivity index (χ3v) is 3.91. The quantitative estimate of drug-likeness (QED) is 0.702. The number of aromatic nitrogens is 2. The van der Waals surface area contributed by atoms with Crippen molar-refractivity contribution in [3.8, 4) is 0 Å². The van der Waals surface area contributed by atoms with E-state index in [9.17, 15) is 4.79 Å². The number of nitrogens with one attached hydrogen (secondary N) is 2.